The van der Waals surface area contributed by atoms with Gasteiger partial charge in [-0.1, -0.05) is 0 Å². The molecule has 10 nitrogen and oxygen atoms in total. The molecule has 0 aromatic rings. The first-order chi connectivity index (χ1) is 21.9. The minimum atomic E-state index is -0.857. The zero-order valence-corrected chi connectivity index (χ0v) is 26.9. The van der Waals surface area contributed by atoms with Gasteiger partial charge >= 0.3 is 17.9 Å². The van der Waals surface area contributed by atoms with Gasteiger partial charge in [-0.05, 0) is 113 Å². The molecule has 2 N–H and O–H groups in total. The molecule has 2 spiro atoms. The molecular weight excluding hydrogens is 592 g/mol. The molecular formula is C36H48O10. The van der Waals surface area contributed by atoms with Crippen LogP contribution >= 0.6 is 0 Å². The van der Waals surface area contributed by atoms with Crippen molar-refractivity contribution in [1.29, 1.82) is 0 Å². The molecule has 252 valence electrons. The number of hydrogen-bond acceptors (Lipinski definition) is 10. The maximum absolute atomic E-state index is 13.9. The van der Waals surface area contributed by atoms with Crippen LogP contribution in [0.1, 0.15) is 89.9 Å². The molecule has 11 aliphatic rings. The molecule has 8 bridgehead atoms. The number of methoxy groups -OCH3 is 1. The van der Waals surface area contributed by atoms with Crippen molar-refractivity contribution in [2.75, 3.05) is 33.5 Å². The fourth-order valence-corrected chi connectivity index (χ4v) is 14.5. The van der Waals surface area contributed by atoms with Gasteiger partial charge in [-0.15, -0.1) is 0 Å². The van der Waals surface area contributed by atoms with Crippen LogP contribution < -0.4 is 0 Å². The van der Waals surface area contributed by atoms with E-state index in [9.17, 15) is 24.6 Å². The summed E-state index contributed by atoms with van der Waals surface area (Å²) in [4.78, 5) is 40.2. The average molecular weight is 641 g/mol. The third-order valence-electron chi connectivity index (χ3n) is 15.9. The van der Waals surface area contributed by atoms with Crippen LogP contribution in [-0.4, -0.2) is 78.6 Å². The van der Waals surface area contributed by atoms with E-state index in [4.69, 9.17) is 23.7 Å². The monoisotopic (exact) mass is 640 g/mol. The summed E-state index contributed by atoms with van der Waals surface area (Å²) in [5.74, 6) is 0.260. The maximum atomic E-state index is 13.9. The normalized spacial score (nSPS) is 57.6. The standard InChI is InChI=1S/C36H48O10/c1-42-27(37)26-4-23-3-22(26)9-36(23)45-18-30(19-46-36,16-43-28(38)31-5-20-2-21(6-31)8-33(40,7-20)14-31)17-44-29(39)32-10-24-12-34(41)13-25(11-32)35(24,34)15-32/h20-26,40-41H,2-19H2,1H3. The van der Waals surface area contributed by atoms with E-state index in [-0.39, 0.29) is 67.5 Å². The van der Waals surface area contributed by atoms with Crippen LogP contribution in [0.2, 0.25) is 0 Å². The Morgan fingerprint density at radius 1 is 0.717 bits per heavy atom. The third-order valence-corrected chi connectivity index (χ3v) is 15.9. The van der Waals surface area contributed by atoms with Gasteiger partial charge in [0.15, 0.2) is 5.79 Å². The Morgan fingerprint density at radius 3 is 1.83 bits per heavy atom. The summed E-state index contributed by atoms with van der Waals surface area (Å²) in [6.07, 6.45) is 10.7. The summed E-state index contributed by atoms with van der Waals surface area (Å²) < 4.78 is 30.7. The van der Waals surface area contributed by atoms with Gasteiger partial charge < -0.3 is 33.9 Å². The van der Waals surface area contributed by atoms with E-state index in [1.165, 1.54) is 7.11 Å². The first kappa shape index (κ1) is 29.2. The second kappa shape index (κ2) is 8.88. The Morgan fingerprint density at radius 2 is 1.33 bits per heavy atom. The summed E-state index contributed by atoms with van der Waals surface area (Å²) in [7, 11) is 1.44. The largest absolute Gasteiger partial charge is 0.469 e. The number of rotatable bonds is 7. The lowest BCUT2D eigenvalue weighted by Gasteiger charge is -2.71. The minimum Gasteiger partial charge on any atom is -0.469 e. The number of carbonyl (C=O) groups is 3. The molecule has 11 fully saturated rings. The van der Waals surface area contributed by atoms with Crippen molar-refractivity contribution in [3.8, 4) is 0 Å². The zero-order chi connectivity index (χ0) is 31.5. The fourth-order valence-electron chi connectivity index (χ4n) is 14.5. The molecule has 7 unspecified atom stereocenters. The Labute approximate surface area is 269 Å². The topological polar surface area (TPSA) is 138 Å². The summed E-state index contributed by atoms with van der Waals surface area (Å²) in [6.45, 7) is 0.504. The van der Waals surface area contributed by atoms with E-state index in [1.807, 2.05) is 0 Å². The average Bonchev–Trinajstić information content (AvgIpc) is 3.75. The van der Waals surface area contributed by atoms with Crippen LogP contribution in [0.3, 0.4) is 0 Å². The van der Waals surface area contributed by atoms with E-state index in [0.29, 0.717) is 42.9 Å². The fraction of sp³-hybridized carbons (Fsp3) is 0.917. The summed E-state index contributed by atoms with van der Waals surface area (Å²) in [6, 6.07) is 0. The van der Waals surface area contributed by atoms with Gasteiger partial charge in [-0.25, -0.2) is 0 Å². The Bertz CT molecular complexity index is 1360. The number of carbonyl (C=O) groups excluding carboxylic acids is 3. The highest BCUT2D eigenvalue weighted by atomic mass is 16.7. The van der Waals surface area contributed by atoms with Crippen molar-refractivity contribution in [2.24, 2.45) is 63.1 Å². The maximum Gasteiger partial charge on any atom is 0.312 e. The smallest absolute Gasteiger partial charge is 0.312 e. The molecule has 1 saturated heterocycles. The molecule has 10 saturated carbocycles. The lowest BCUT2D eigenvalue weighted by molar-refractivity contribution is -0.333. The van der Waals surface area contributed by atoms with Crippen LogP contribution in [0.5, 0.6) is 0 Å². The zero-order valence-electron chi connectivity index (χ0n) is 26.9. The van der Waals surface area contributed by atoms with Crippen molar-refractivity contribution in [3.05, 3.63) is 0 Å². The van der Waals surface area contributed by atoms with Crippen LogP contribution in [0.25, 0.3) is 0 Å². The number of hydrogen-bond donors (Lipinski definition) is 2. The van der Waals surface area contributed by atoms with Gasteiger partial charge in [0.05, 0.1) is 53.7 Å². The molecule has 7 atom stereocenters. The van der Waals surface area contributed by atoms with Crippen molar-refractivity contribution in [3.63, 3.8) is 0 Å². The lowest BCUT2D eigenvalue weighted by atomic mass is 9.35. The van der Waals surface area contributed by atoms with E-state index in [2.05, 4.69) is 0 Å². The molecule has 1 heterocycles. The molecule has 0 radical (unpaired) electrons. The number of aliphatic hydroxyl groups is 2. The predicted octanol–water partition coefficient (Wildman–Crippen LogP) is 3.29. The highest BCUT2D eigenvalue weighted by molar-refractivity contribution is 5.79. The van der Waals surface area contributed by atoms with Gasteiger partial charge in [0.2, 0.25) is 0 Å². The molecule has 10 aliphatic carbocycles. The first-order valence-corrected chi connectivity index (χ1v) is 18.0. The van der Waals surface area contributed by atoms with Gasteiger partial charge in [-0.3, -0.25) is 14.4 Å². The first-order valence-electron chi connectivity index (χ1n) is 18.0. The Kier molecular flexibility index (Phi) is 5.63. The van der Waals surface area contributed by atoms with E-state index in [0.717, 1.165) is 70.6 Å². The molecule has 1 aliphatic heterocycles. The third kappa shape index (κ3) is 3.55. The molecule has 0 amide bonds. The SMILES string of the molecule is COC(=O)C1CC2CC1CC21OCC(COC(=O)C23CC4CC(CC(O)(C4)C2)C3)(COC(=O)C23CC4CC5(O)CC(C2)C45C3)CO1. The Hall–Kier alpha value is -1.75. The molecule has 11 rings (SSSR count). The molecule has 46 heavy (non-hydrogen) atoms. The molecule has 0 aromatic heterocycles. The second-order valence-corrected chi connectivity index (χ2v) is 18.5. The van der Waals surface area contributed by atoms with Crippen LogP contribution in [0.4, 0.5) is 0 Å². The van der Waals surface area contributed by atoms with Crippen LogP contribution in [-0.2, 0) is 38.1 Å². The summed E-state index contributed by atoms with van der Waals surface area (Å²) >= 11 is 0. The van der Waals surface area contributed by atoms with E-state index in [1.54, 1.807) is 0 Å². The predicted molar refractivity (Wildman–Crippen MR) is 157 cm³/mol. The van der Waals surface area contributed by atoms with Gasteiger partial charge in [-0.2, -0.15) is 0 Å². The Balaban J connectivity index is 0.859. The van der Waals surface area contributed by atoms with Crippen molar-refractivity contribution in [1.82, 2.24) is 0 Å². The highest BCUT2D eigenvalue weighted by Crippen LogP contribution is 2.86. The van der Waals surface area contributed by atoms with Crippen molar-refractivity contribution < 1.29 is 48.3 Å². The van der Waals surface area contributed by atoms with Gasteiger partial charge in [0.25, 0.3) is 0 Å². The number of ether oxygens (including phenoxy) is 5. The quantitative estimate of drug-likeness (QED) is 0.315. The summed E-state index contributed by atoms with van der Waals surface area (Å²) in [5, 5.41) is 22.3. The molecule has 10 heteroatoms. The van der Waals surface area contributed by atoms with Crippen LogP contribution in [0.15, 0.2) is 0 Å². The van der Waals surface area contributed by atoms with Gasteiger partial charge in [0.1, 0.15) is 13.2 Å². The number of fused-ring (bicyclic) bond motifs is 4. The lowest BCUT2D eigenvalue weighted by Crippen LogP contribution is -2.73. The van der Waals surface area contributed by atoms with Crippen molar-refractivity contribution in [2.45, 2.75) is 107 Å². The van der Waals surface area contributed by atoms with E-state index >= 15 is 0 Å². The van der Waals surface area contributed by atoms with Crippen molar-refractivity contribution >= 4 is 17.9 Å². The minimum absolute atomic E-state index is 0.0194. The summed E-state index contributed by atoms with van der Waals surface area (Å²) in [5.41, 5.74) is -3.46. The van der Waals surface area contributed by atoms with Crippen LogP contribution in [0, 0.1) is 63.1 Å². The highest BCUT2D eigenvalue weighted by Gasteiger charge is 2.85. The van der Waals surface area contributed by atoms with Gasteiger partial charge in [0, 0.05) is 17.8 Å². The van der Waals surface area contributed by atoms with E-state index < -0.39 is 33.2 Å². The number of esters is 3. The molecule has 0 aromatic carbocycles. The second-order valence-electron chi connectivity index (χ2n) is 18.5.